The molecule has 0 unspecified atom stereocenters. The van der Waals surface area contributed by atoms with E-state index < -0.39 is 11.7 Å². The first-order chi connectivity index (χ1) is 11.4. The molecule has 126 valence electrons. The topological polar surface area (TPSA) is 20.3 Å². The highest BCUT2D eigenvalue weighted by atomic mass is 19.4. The Morgan fingerprint density at radius 2 is 1.62 bits per heavy atom. The van der Waals surface area contributed by atoms with E-state index in [9.17, 15) is 18.0 Å². The third-order valence-electron chi connectivity index (χ3n) is 4.49. The highest BCUT2D eigenvalue weighted by Crippen LogP contribution is 2.31. The minimum atomic E-state index is -4.43. The van der Waals surface area contributed by atoms with Crippen LogP contribution in [-0.4, -0.2) is 23.9 Å². The van der Waals surface area contributed by atoms with Crippen LogP contribution in [0.3, 0.4) is 0 Å². The monoisotopic (exact) mass is 333 g/mol. The molecule has 5 heteroatoms. The van der Waals surface area contributed by atoms with Crippen molar-refractivity contribution in [2.45, 2.75) is 24.9 Å². The highest BCUT2D eigenvalue weighted by molar-refractivity contribution is 5.94. The number of carbonyl (C=O) groups excluding carboxylic acids is 1. The van der Waals surface area contributed by atoms with Crippen LogP contribution in [0.1, 0.15) is 40.2 Å². The van der Waals surface area contributed by atoms with Gasteiger partial charge < -0.3 is 4.90 Å². The number of likely N-dealkylation sites (tertiary alicyclic amines) is 1. The van der Waals surface area contributed by atoms with Gasteiger partial charge in [-0.1, -0.05) is 36.4 Å². The number of rotatable bonds is 2. The highest BCUT2D eigenvalue weighted by Gasteiger charge is 2.32. The van der Waals surface area contributed by atoms with Gasteiger partial charge in [0, 0.05) is 18.7 Å². The fourth-order valence-electron chi connectivity index (χ4n) is 3.15. The smallest absolute Gasteiger partial charge is 0.339 e. The molecule has 1 aliphatic heterocycles. The largest absolute Gasteiger partial charge is 0.416 e. The van der Waals surface area contributed by atoms with E-state index in [1.807, 2.05) is 18.2 Å². The zero-order valence-corrected chi connectivity index (χ0v) is 13.1. The van der Waals surface area contributed by atoms with Crippen molar-refractivity contribution in [2.24, 2.45) is 0 Å². The van der Waals surface area contributed by atoms with Crippen LogP contribution in [-0.2, 0) is 6.18 Å². The zero-order valence-electron chi connectivity index (χ0n) is 13.1. The Labute approximate surface area is 138 Å². The van der Waals surface area contributed by atoms with Gasteiger partial charge >= 0.3 is 6.18 Å². The fraction of sp³-hybridized carbons (Fsp3) is 0.316. The minimum absolute atomic E-state index is 0.1000. The van der Waals surface area contributed by atoms with Gasteiger partial charge in [-0.25, -0.2) is 0 Å². The van der Waals surface area contributed by atoms with Crippen LogP contribution in [0.5, 0.6) is 0 Å². The zero-order chi connectivity index (χ0) is 17.2. The van der Waals surface area contributed by atoms with Crippen LogP contribution in [0, 0.1) is 0 Å². The lowest BCUT2D eigenvalue weighted by molar-refractivity contribution is -0.137. The van der Waals surface area contributed by atoms with E-state index in [-0.39, 0.29) is 11.5 Å². The Balaban J connectivity index is 1.67. The first-order valence-corrected chi connectivity index (χ1v) is 7.96. The lowest BCUT2D eigenvalue weighted by Crippen LogP contribution is -2.38. The molecule has 1 aliphatic rings. The third-order valence-corrected chi connectivity index (χ3v) is 4.49. The number of nitrogens with zero attached hydrogens (tertiary/aromatic N) is 1. The maximum atomic E-state index is 12.8. The first-order valence-electron chi connectivity index (χ1n) is 7.96. The second-order valence-corrected chi connectivity index (χ2v) is 6.06. The van der Waals surface area contributed by atoms with E-state index in [0.29, 0.717) is 19.0 Å². The van der Waals surface area contributed by atoms with Crippen molar-refractivity contribution in [3.05, 3.63) is 71.3 Å². The van der Waals surface area contributed by atoms with Gasteiger partial charge in [0.05, 0.1) is 5.56 Å². The Kier molecular flexibility index (Phi) is 4.60. The summed E-state index contributed by atoms with van der Waals surface area (Å²) < 4.78 is 38.4. The summed E-state index contributed by atoms with van der Waals surface area (Å²) in [5.74, 6) is 0.0735. The lowest BCUT2D eigenvalue weighted by atomic mass is 9.89. The molecule has 0 atom stereocenters. The molecule has 0 saturated carbocycles. The van der Waals surface area contributed by atoms with E-state index in [2.05, 4.69) is 12.1 Å². The quantitative estimate of drug-likeness (QED) is 0.778. The Hall–Kier alpha value is -2.30. The SMILES string of the molecule is O=C(c1cccc(C(F)(F)F)c1)N1CCC(c2ccccc2)CC1. The van der Waals surface area contributed by atoms with E-state index in [4.69, 9.17) is 0 Å². The van der Waals surface area contributed by atoms with Gasteiger partial charge in [0.1, 0.15) is 0 Å². The third kappa shape index (κ3) is 3.61. The molecule has 0 aliphatic carbocycles. The van der Waals surface area contributed by atoms with Crippen molar-refractivity contribution < 1.29 is 18.0 Å². The van der Waals surface area contributed by atoms with Gasteiger partial charge in [0.15, 0.2) is 0 Å². The predicted octanol–water partition coefficient (Wildman–Crippen LogP) is 4.73. The molecular formula is C19H18F3NO. The van der Waals surface area contributed by atoms with E-state index in [1.165, 1.54) is 17.7 Å². The van der Waals surface area contributed by atoms with Crippen LogP contribution in [0.2, 0.25) is 0 Å². The van der Waals surface area contributed by atoms with Gasteiger partial charge in [-0.05, 0) is 42.5 Å². The van der Waals surface area contributed by atoms with E-state index >= 15 is 0 Å². The van der Waals surface area contributed by atoms with Crippen LogP contribution in [0.15, 0.2) is 54.6 Å². The van der Waals surface area contributed by atoms with Crippen LogP contribution < -0.4 is 0 Å². The summed E-state index contributed by atoms with van der Waals surface area (Å²) in [4.78, 5) is 14.1. The number of piperidine rings is 1. The van der Waals surface area contributed by atoms with Gasteiger partial charge in [0.2, 0.25) is 0 Å². The summed E-state index contributed by atoms with van der Waals surface area (Å²) in [5, 5.41) is 0. The van der Waals surface area contributed by atoms with E-state index in [1.54, 1.807) is 4.90 Å². The average Bonchev–Trinajstić information content (AvgIpc) is 2.61. The number of halogens is 3. The van der Waals surface area contributed by atoms with Crippen molar-refractivity contribution in [3.8, 4) is 0 Å². The molecule has 1 fully saturated rings. The molecule has 1 saturated heterocycles. The molecule has 0 radical (unpaired) electrons. The molecule has 2 nitrogen and oxygen atoms in total. The first kappa shape index (κ1) is 16.6. The molecule has 0 spiro atoms. The van der Waals surface area contributed by atoms with Crippen molar-refractivity contribution in [1.29, 1.82) is 0 Å². The molecule has 1 amide bonds. The maximum absolute atomic E-state index is 12.8. The van der Waals surface area contributed by atoms with Crippen molar-refractivity contribution >= 4 is 5.91 Å². The summed E-state index contributed by atoms with van der Waals surface area (Å²) in [6.07, 6.45) is -2.78. The molecule has 1 heterocycles. The second kappa shape index (κ2) is 6.67. The molecule has 24 heavy (non-hydrogen) atoms. The maximum Gasteiger partial charge on any atom is 0.416 e. The Morgan fingerprint density at radius 1 is 0.958 bits per heavy atom. The van der Waals surface area contributed by atoms with Gasteiger partial charge in [-0.3, -0.25) is 4.79 Å². The Bertz CT molecular complexity index is 704. The van der Waals surface area contributed by atoms with Gasteiger partial charge in [-0.15, -0.1) is 0 Å². The Morgan fingerprint density at radius 3 is 2.25 bits per heavy atom. The number of amides is 1. The number of carbonyl (C=O) groups is 1. The molecule has 0 bridgehead atoms. The van der Waals surface area contributed by atoms with Crippen LogP contribution >= 0.6 is 0 Å². The van der Waals surface area contributed by atoms with Gasteiger partial charge in [-0.2, -0.15) is 13.2 Å². The van der Waals surface area contributed by atoms with Crippen LogP contribution in [0.4, 0.5) is 13.2 Å². The summed E-state index contributed by atoms with van der Waals surface area (Å²) in [5.41, 5.74) is 0.569. The van der Waals surface area contributed by atoms with Crippen LogP contribution in [0.25, 0.3) is 0 Å². The lowest BCUT2D eigenvalue weighted by Gasteiger charge is -2.32. The standard InChI is InChI=1S/C19H18F3NO/c20-19(21,22)17-8-4-7-16(13-17)18(24)23-11-9-15(10-12-23)14-5-2-1-3-6-14/h1-8,13,15H,9-12H2. The summed E-state index contributed by atoms with van der Waals surface area (Å²) >= 11 is 0. The van der Waals surface area contributed by atoms with Crippen molar-refractivity contribution in [1.82, 2.24) is 4.90 Å². The number of hydrogen-bond donors (Lipinski definition) is 0. The second-order valence-electron chi connectivity index (χ2n) is 6.06. The predicted molar refractivity (Wildman–Crippen MR) is 85.8 cm³/mol. The molecule has 0 aromatic heterocycles. The number of hydrogen-bond acceptors (Lipinski definition) is 1. The fourth-order valence-corrected chi connectivity index (χ4v) is 3.15. The van der Waals surface area contributed by atoms with Crippen molar-refractivity contribution in [2.75, 3.05) is 13.1 Å². The minimum Gasteiger partial charge on any atom is -0.339 e. The van der Waals surface area contributed by atoms with Gasteiger partial charge in [0.25, 0.3) is 5.91 Å². The molecule has 3 rings (SSSR count). The number of benzene rings is 2. The number of alkyl halides is 3. The molecule has 0 N–H and O–H groups in total. The normalized spacial score (nSPS) is 16.2. The summed E-state index contributed by atoms with van der Waals surface area (Å²) in [7, 11) is 0. The van der Waals surface area contributed by atoms with Crippen molar-refractivity contribution in [3.63, 3.8) is 0 Å². The molecule has 2 aromatic carbocycles. The molecule has 2 aromatic rings. The summed E-state index contributed by atoms with van der Waals surface area (Å²) in [6.45, 7) is 1.13. The van der Waals surface area contributed by atoms with E-state index in [0.717, 1.165) is 25.0 Å². The molecular weight excluding hydrogens is 315 g/mol. The summed E-state index contributed by atoms with van der Waals surface area (Å²) in [6, 6.07) is 14.8. The average molecular weight is 333 g/mol.